The van der Waals surface area contributed by atoms with Crippen molar-refractivity contribution in [3.05, 3.63) is 0 Å². The summed E-state index contributed by atoms with van der Waals surface area (Å²) in [4.78, 5) is 0. The highest BCUT2D eigenvalue weighted by molar-refractivity contribution is 5.14. The second-order valence-corrected chi connectivity index (χ2v) is 14.9. The third-order valence-electron chi connectivity index (χ3n) is 11.0. The molecule has 1 aliphatic carbocycles. The average molecular weight is 507 g/mol. The molecule has 0 bridgehead atoms. The van der Waals surface area contributed by atoms with E-state index in [9.17, 15) is 5.11 Å². The van der Waals surface area contributed by atoms with Crippen LogP contribution in [-0.2, 0) is 23.7 Å². The van der Waals surface area contributed by atoms with Gasteiger partial charge in [0.2, 0.25) is 0 Å². The van der Waals surface area contributed by atoms with Gasteiger partial charge in [-0.05, 0) is 119 Å². The second-order valence-electron chi connectivity index (χ2n) is 14.9. The summed E-state index contributed by atoms with van der Waals surface area (Å²) in [5, 5.41) is 10.9. The molecule has 36 heavy (non-hydrogen) atoms. The van der Waals surface area contributed by atoms with E-state index in [0.717, 1.165) is 70.8 Å². The van der Waals surface area contributed by atoms with Crippen LogP contribution in [0.4, 0.5) is 0 Å². The molecule has 6 rings (SSSR count). The Morgan fingerprint density at radius 3 is 2.00 bits per heavy atom. The predicted molar refractivity (Wildman–Crippen MR) is 137 cm³/mol. The number of epoxide rings is 5. The molecule has 0 radical (unpaired) electrons. The molecule has 6 heteroatoms. The zero-order chi connectivity index (χ0) is 25.6. The van der Waals surface area contributed by atoms with Crippen LogP contribution in [0.1, 0.15) is 119 Å². The van der Waals surface area contributed by atoms with E-state index in [-0.39, 0.29) is 27.8 Å². The highest BCUT2D eigenvalue weighted by Crippen LogP contribution is 2.61. The van der Waals surface area contributed by atoms with Crippen LogP contribution < -0.4 is 0 Å². The zero-order valence-corrected chi connectivity index (χ0v) is 23.6. The van der Waals surface area contributed by atoms with E-state index in [4.69, 9.17) is 23.7 Å². The maximum absolute atomic E-state index is 10.9. The molecule has 6 nitrogen and oxygen atoms in total. The summed E-state index contributed by atoms with van der Waals surface area (Å²) in [5.74, 6) is 0. The average Bonchev–Trinajstić information content (AvgIpc) is 3.58. The smallest absolute Gasteiger partial charge is 0.0948 e. The van der Waals surface area contributed by atoms with Gasteiger partial charge in [-0.1, -0.05) is 0 Å². The van der Waals surface area contributed by atoms with E-state index < -0.39 is 5.60 Å². The number of hydrogen-bond donors (Lipinski definition) is 1. The van der Waals surface area contributed by atoms with Gasteiger partial charge in [0.25, 0.3) is 0 Å². The van der Waals surface area contributed by atoms with Gasteiger partial charge in [-0.25, -0.2) is 0 Å². The molecular weight excluding hydrogens is 456 g/mol. The Morgan fingerprint density at radius 1 is 0.750 bits per heavy atom. The van der Waals surface area contributed by atoms with Crippen molar-refractivity contribution >= 4 is 0 Å². The van der Waals surface area contributed by atoms with Gasteiger partial charge in [0.05, 0.1) is 65.1 Å². The molecule has 0 aromatic carbocycles. The molecule has 0 amide bonds. The fourth-order valence-corrected chi connectivity index (χ4v) is 7.58. The molecule has 0 spiro atoms. The van der Waals surface area contributed by atoms with Crippen molar-refractivity contribution in [1.82, 2.24) is 0 Å². The minimum Gasteiger partial charge on any atom is -0.390 e. The van der Waals surface area contributed by atoms with Crippen LogP contribution >= 0.6 is 0 Å². The molecule has 6 aliphatic rings. The van der Waals surface area contributed by atoms with E-state index in [1.54, 1.807) is 0 Å². The molecule has 9 unspecified atom stereocenters. The third kappa shape index (κ3) is 5.29. The first-order chi connectivity index (χ1) is 16.8. The molecule has 6 fully saturated rings. The highest BCUT2D eigenvalue weighted by atomic mass is 16.6. The molecule has 206 valence electrons. The maximum atomic E-state index is 10.9. The Hall–Kier alpha value is -0.240. The first-order valence-electron chi connectivity index (χ1n) is 14.8. The van der Waals surface area contributed by atoms with Gasteiger partial charge in [0.1, 0.15) is 0 Å². The summed E-state index contributed by atoms with van der Waals surface area (Å²) in [6.07, 6.45) is 14.6. The standard InChI is InChI=1S/C30H50O6/c1-25(2)20(33-25)8-13-27(5,31)11-7-12-30-17-16-29(24-19-32-24,18-23(30)36-30)15-10-22-28(6,35-22)14-9-21-26(3,4)34-21/h20-24,31H,7-19H2,1-6H3. The van der Waals surface area contributed by atoms with Gasteiger partial charge in [-0.2, -0.15) is 0 Å². The number of aliphatic hydroxyl groups is 1. The van der Waals surface area contributed by atoms with E-state index in [1.165, 1.54) is 12.8 Å². The van der Waals surface area contributed by atoms with Crippen LogP contribution in [0.5, 0.6) is 0 Å². The van der Waals surface area contributed by atoms with Crippen molar-refractivity contribution < 1.29 is 28.8 Å². The van der Waals surface area contributed by atoms with Crippen LogP contribution in [0.2, 0.25) is 0 Å². The number of ether oxygens (including phenoxy) is 5. The van der Waals surface area contributed by atoms with Gasteiger partial charge >= 0.3 is 0 Å². The van der Waals surface area contributed by atoms with Crippen molar-refractivity contribution in [1.29, 1.82) is 0 Å². The fraction of sp³-hybridized carbons (Fsp3) is 1.00. The largest absolute Gasteiger partial charge is 0.390 e. The zero-order valence-electron chi connectivity index (χ0n) is 23.6. The lowest BCUT2D eigenvalue weighted by molar-refractivity contribution is 0.0327. The summed E-state index contributed by atoms with van der Waals surface area (Å²) in [6.45, 7) is 13.8. The van der Waals surface area contributed by atoms with Crippen molar-refractivity contribution in [2.75, 3.05) is 6.61 Å². The Kier molecular flexibility index (Phi) is 6.05. The number of rotatable bonds is 14. The van der Waals surface area contributed by atoms with Crippen molar-refractivity contribution in [2.24, 2.45) is 5.41 Å². The van der Waals surface area contributed by atoms with Gasteiger partial charge < -0.3 is 28.8 Å². The molecule has 0 aromatic rings. The van der Waals surface area contributed by atoms with Gasteiger partial charge in [-0.15, -0.1) is 0 Å². The summed E-state index contributed by atoms with van der Waals surface area (Å²) in [5.41, 5.74) is -0.149. The molecule has 5 heterocycles. The quantitative estimate of drug-likeness (QED) is 0.315. The van der Waals surface area contributed by atoms with E-state index in [0.29, 0.717) is 30.5 Å². The lowest BCUT2D eigenvalue weighted by Gasteiger charge is -2.37. The SMILES string of the molecule is CC(O)(CCCC12CCC(CCC3OC3(C)CCC3OC3(C)C)(C3CO3)CC1O2)CCC1OC1(C)C. The summed E-state index contributed by atoms with van der Waals surface area (Å²) in [6, 6.07) is 0. The molecular formula is C30H50O6. The first kappa shape index (κ1) is 26.0. The first-order valence-corrected chi connectivity index (χ1v) is 14.8. The minimum atomic E-state index is -0.609. The van der Waals surface area contributed by atoms with Crippen molar-refractivity contribution in [3.8, 4) is 0 Å². The summed E-state index contributed by atoms with van der Waals surface area (Å²) in [7, 11) is 0. The molecule has 0 aromatic heterocycles. The van der Waals surface area contributed by atoms with E-state index >= 15 is 0 Å². The topological polar surface area (TPSA) is 82.9 Å². The number of fused-ring (bicyclic) bond motifs is 1. The minimum absolute atomic E-state index is 0.0109. The van der Waals surface area contributed by atoms with Gasteiger partial charge in [0.15, 0.2) is 0 Å². The molecule has 5 aliphatic heterocycles. The highest BCUT2D eigenvalue weighted by Gasteiger charge is 2.65. The molecule has 1 N–H and O–H groups in total. The lowest BCUT2D eigenvalue weighted by Crippen LogP contribution is -2.38. The van der Waals surface area contributed by atoms with Crippen molar-refractivity contribution in [3.63, 3.8) is 0 Å². The molecule has 9 atom stereocenters. The molecule has 5 saturated heterocycles. The summed E-state index contributed by atoms with van der Waals surface area (Å²) < 4.78 is 30.0. The Bertz CT molecular complexity index is 850. The fourth-order valence-electron chi connectivity index (χ4n) is 7.58. The van der Waals surface area contributed by atoms with Gasteiger partial charge in [0, 0.05) is 5.41 Å². The van der Waals surface area contributed by atoms with E-state index in [1.807, 2.05) is 6.92 Å². The molecule has 1 saturated carbocycles. The van der Waals surface area contributed by atoms with Crippen LogP contribution in [-0.4, -0.2) is 70.2 Å². The monoisotopic (exact) mass is 506 g/mol. The Labute approximate surface area is 218 Å². The Morgan fingerprint density at radius 2 is 1.39 bits per heavy atom. The predicted octanol–water partition coefficient (Wildman–Crippen LogP) is 5.47. The van der Waals surface area contributed by atoms with E-state index in [2.05, 4.69) is 34.6 Å². The lowest BCUT2D eigenvalue weighted by atomic mass is 9.65. The second kappa shape index (κ2) is 8.38. The third-order valence-corrected chi connectivity index (χ3v) is 11.0. The van der Waals surface area contributed by atoms with Crippen molar-refractivity contribution in [2.45, 2.75) is 177 Å². The van der Waals surface area contributed by atoms with Crippen LogP contribution in [0.25, 0.3) is 0 Å². The van der Waals surface area contributed by atoms with Crippen LogP contribution in [0.15, 0.2) is 0 Å². The maximum Gasteiger partial charge on any atom is 0.0948 e. The number of hydrogen-bond acceptors (Lipinski definition) is 6. The summed E-state index contributed by atoms with van der Waals surface area (Å²) >= 11 is 0. The normalized spacial score (nSPS) is 48.6. The van der Waals surface area contributed by atoms with Gasteiger partial charge in [-0.3, -0.25) is 0 Å². The van der Waals surface area contributed by atoms with Crippen LogP contribution in [0.3, 0.4) is 0 Å². The Balaban J connectivity index is 0.932. The van der Waals surface area contributed by atoms with Crippen LogP contribution in [0, 0.1) is 5.41 Å².